The second-order valence-electron chi connectivity index (χ2n) is 0. The third-order valence-corrected chi connectivity index (χ3v) is 0. The molecule has 0 aliphatic heterocycles. The fourth-order valence-corrected chi connectivity index (χ4v) is 0. The van der Waals surface area contributed by atoms with Crippen LogP contribution in [0, 0.1) is 0 Å². The van der Waals surface area contributed by atoms with Crippen LogP contribution in [-0.4, -0.2) is 33.9 Å². The number of rotatable bonds is 0. The average molecular weight is 262 g/mol. The van der Waals surface area contributed by atoms with Gasteiger partial charge in [-0.2, -0.15) is 0 Å². The zero-order chi connectivity index (χ0) is 10.0. The van der Waals surface area contributed by atoms with E-state index in [0.29, 0.717) is 0 Å². The number of hydrogen-bond donors (Lipinski definition) is 0. The smallest absolute Gasteiger partial charge is 0 e. The Morgan fingerprint density at radius 2 is 0.333 bits per heavy atom. The molecule has 0 fully saturated rings. The summed E-state index contributed by atoms with van der Waals surface area (Å²) in [6.07, 6.45) is 0. The van der Waals surface area contributed by atoms with Crippen molar-refractivity contribution >= 4 is 33.9 Å². The Labute approximate surface area is 91.1 Å². The van der Waals surface area contributed by atoms with Gasteiger partial charge in [0.15, 0.2) is 0 Å². The molecule has 0 N–H and O–H groups in total. The Morgan fingerprint density at radius 3 is 0.333 bits per heavy atom. The first-order valence-corrected chi connectivity index (χ1v) is 1.18. The second kappa shape index (κ2) is 2050. The van der Waals surface area contributed by atoms with Gasteiger partial charge in [-0.1, -0.05) is 0 Å². The van der Waals surface area contributed by atoms with Crippen LogP contribution in [0.4, 0.5) is 0 Å². The van der Waals surface area contributed by atoms with Crippen LogP contribution in [0.25, 0.3) is 0 Å². The molecule has 7 heteroatoms. The largest absolute Gasteiger partial charge is 0.545 e. The van der Waals surface area contributed by atoms with Gasteiger partial charge >= 0.3 is 0 Å². The molecule has 5 nitrogen and oxygen atoms in total. The van der Waals surface area contributed by atoms with Gasteiger partial charge in [0.05, 0.1) is 0 Å². The maximum atomic E-state index is 7.75. The number of carbonyl (C=O) groups excluding carboxylic acids is 5. The van der Waals surface area contributed by atoms with Crippen LogP contribution < -0.4 is 0 Å². The summed E-state index contributed by atoms with van der Waals surface area (Å²) in [7, 11) is 0. The molecule has 0 amide bonds. The first-order chi connectivity index (χ1) is 5.00. The van der Waals surface area contributed by atoms with E-state index in [9.17, 15) is 0 Å². The van der Waals surface area contributed by atoms with Crippen LogP contribution in [-0.2, 0) is 57.0 Å². The Balaban J connectivity index is -0.00000000500. The molecule has 0 atom stereocenters. The third kappa shape index (κ3) is 1480. The van der Waals surface area contributed by atoms with Crippen molar-refractivity contribution in [3.8, 4) is 0 Å². The van der Waals surface area contributed by atoms with E-state index in [1.165, 1.54) is 0 Å². The number of hydrogen-bond acceptors (Lipinski definition) is 5. The molecule has 0 aliphatic rings. The van der Waals surface area contributed by atoms with Crippen LogP contribution in [0.15, 0.2) is 0 Å². The molecule has 0 spiro atoms. The van der Waals surface area contributed by atoms with Crippen molar-refractivity contribution in [2.24, 2.45) is 0 Å². The summed E-state index contributed by atoms with van der Waals surface area (Å²) in [5.41, 5.74) is 0. The monoisotopic (exact) mass is 261 g/mol. The topological polar surface area (TPSA) is 85.3 Å². The van der Waals surface area contributed by atoms with Crippen LogP contribution in [0.3, 0.4) is 0 Å². The molecule has 0 bridgehead atoms. The minimum atomic E-state index is 0. The molecule has 0 saturated carbocycles. The van der Waals surface area contributed by atoms with Gasteiger partial charge in [-0.15, -0.1) is 0 Å². The Hall–Kier alpha value is -0.663. The normalized spacial score (nSPS) is 1.67. The first-order valence-electron chi connectivity index (χ1n) is 1.18. The molecule has 12 heavy (non-hydrogen) atoms. The van der Waals surface area contributed by atoms with E-state index >= 15 is 0 Å². The summed E-state index contributed by atoms with van der Waals surface area (Å²) in [5, 5.41) is 0. The minimum absolute atomic E-state index is 0. The molecular formula is C5H5Ni2O5-5. The van der Waals surface area contributed by atoms with Gasteiger partial charge in [0.1, 0.15) is 0 Å². The van der Waals surface area contributed by atoms with Gasteiger partial charge in [-0.05, 0) is 0 Å². The van der Waals surface area contributed by atoms with E-state index < -0.39 is 0 Å². The summed E-state index contributed by atoms with van der Waals surface area (Å²) in [5.74, 6) is 0. The third-order valence-electron chi connectivity index (χ3n) is 0. The molecule has 0 aromatic rings. The molecule has 0 aromatic heterocycles. The summed E-state index contributed by atoms with van der Waals surface area (Å²) < 4.78 is 0. The van der Waals surface area contributed by atoms with Crippen molar-refractivity contribution in [3.63, 3.8) is 0 Å². The predicted octanol–water partition coefficient (Wildman–Crippen LogP) is -1.38. The van der Waals surface area contributed by atoms with Gasteiger partial charge < -0.3 is 24.0 Å². The fourth-order valence-electron chi connectivity index (χ4n) is 0. The van der Waals surface area contributed by atoms with Gasteiger partial charge in [0.2, 0.25) is 0 Å². The van der Waals surface area contributed by atoms with E-state index in [2.05, 4.69) is 33.9 Å². The van der Waals surface area contributed by atoms with Crippen molar-refractivity contribution in [3.05, 3.63) is 0 Å². The van der Waals surface area contributed by atoms with E-state index in [1.54, 1.807) is 0 Å². The van der Waals surface area contributed by atoms with Gasteiger partial charge in [-0.3, -0.25) is 33.9 Å². The van der Waals surface area contributed by atoms with E-state index in [0.717, 1.165) is 0 Å². The molecule has 0 radical (unpaired) electrons. The summed E-state index contributed by atoms with van der Waals surface area (Å²) in [4.78, 5) is 38.8. The van der Waals surface area contributed by atoms with Crippen LogP contribution >= 0.6 is 0 Å². The summed E-state index contributed by atoms with van der Waals surface area (Å²) in [6, 6.07) is 0. The molecule has 0 aromatic carbocycles. The zero-order valence-corrected chi connectivity index (χ0v) is 7.54. The Kier molecular flexibility index (Phi) is 11000. The van der Waals surface area contributed by atoms with Crippen LogP contribution in [0.1, 0.15) is 0 Å². The van der Waals surface area contributed by atoms with E-state index in [-0.39, 0.29) is 33.0 Å². The quantitative estimate of drug-likeness (QED) is 0.305. The second-order valence-corrected chi connectivity index (χ2v) is 0. The van der Waals surface area contributed by atoms with Gasteiger partial charge in [0.25, 0.3) is 0 Å². The van der Waals surface area contributed by atoms with Crippen molar-refractivity contribution in [2.75, 3.05) is 0 Å². The van der Waals surface area contributed by atoms with Crippen molar-refractivity contribution in [1.29, 1.82) is 0 Å². The summed E-state index contributed by atoms with van der Waals surface area (Å²) in [6.45, 7) is 16.2. The molecule has 0 heterocycles. The average Bonchev–Trinajstić information content (AvgIpc) is 2.20. The molecule has 0 saturated heterocycles. The minimum Gasteiger partial charge on any atom is -0.545 e. The van der Waals surface area contributed by atoms with Crippen molar-refractivity contribution in [2.45, 2.75) is 0 Å². The van der Waals surface area contributed by atoms with Gasteiger partial charge in [-0.25, -0.2) is 0 Å². The Bertz CT molecular complexity index is 29.4. The van der Waals surface area contributed by atoms with Gasteiger partial charge in [0, 0.05) is 33.0 Å². The molecule has 0 aliphatic carbocycles. The molecule has 0 unspecified atom stereocenters. The molecule has 0 rings (SSSR count). The SMILES string of the molecule is [CH-]=O.[CH-]=O.[CH-]=O.[CH-]=O.[CH-]=O.[Ni].[Ni]. The predicted molar refractivity (Wildman–Crippen MR) is 33.8 cm³/mol. The van der Waals surface area contributed by atoms with Crippen LogP contribution in [0.2, 0.25) is 0 Å². The van der Waals surface area contributed by atoms with E-state index in [4.69, 9.17) is 24.0 Å². The Morgan fingerprint density at radius 1 is 0.333 bits per heavy atom. The zero-order valence-electron chi connectivity index (χ0n) is 5.56. The van der Waals surface area contributed by atoms with Crippen LogP contribution in [0.5, 0.6) is 0 Å². The first kappa shape index (κ1) is 64.4. The standard InChI is InChI=1S/5CHO.2Ni/c5*1-2;;/h5*1H;;/q5*-1;;. The summed E-state index contributed by atoms with van der Waals surface area (Å²) >= 11 is 0. The fraction of sp³-hybridized carbons (Fsp3) is 0. The van der Waals surface area contributed by atoms with Crippen molar-refractivity contribution < 1.29 is 57.0 Å². The van der Waals surface area contributed by atoms with E-state index in [1.807, 2.05) is 0 Å². The van der Waals surface area contributed by atoms with Crippen molar-refractivity contribution in [1.82, 2.24) is 0 Å². The maximum absolute atomic E-state index is 7.75. The maximum Gasteiger partial charge on any atom is 0 e. The molecule has 80 valence electrons. The molecular weight excluding hydrogens is 257 g/mol.